The van der Waals surface area contributed by atoms with Gasteiger partial charge in [-0.2, -0.15) is 0 Å². The van der Waals surface area contributed by atoms with E-state index in [-0.39, 0.29) is 6.54 Å². The van der Waals surface area contributed by atoms with Crippen molar-refractivity contribution < 1.29 is 18.9 Å². The highest BCUT2D eigenvalue weighted by atomic mass is 79.9. The third kappa shape index (κ3) is 6.03. The average Bonchev–Trinajstić information content (AvgIpc) is 3.39. The van der Waals surface area contributed by atoms with E-state index in [4.69, 9.17) is 5.11 Å². The molecule has 1 amide bonds. The first-order chi connectivity index (χ1) is 16.9. The number of aromatic nitrogens is 2. The van der Waals surface area contributed by atoms with Crippen LogP contribution >= 0.6 is 15.9 Å². The number of carbonyl (C=O) groups is 2. The molecule has 0 saturated carbocycles. The molecule has 1 aromatic heterocycles. The van der Waals surface area contributed by atoms with Crippen molar-refractivity contribution in [3.8, 4) is 11.1 Å². The largest absolute Gasteiger partial charge is 0.480 e. The lowest BCUT2D eigenvalue weighted by atomic mass is 9.98. The molecule has 0 radical (unpaired) electrons. The number of amides is 1. The quantitative estimate of drug-likeness (QED) is 0.285. The van der Waals surface area contributed by atoms with Crippen LogP contribution in [-0.2, 0) is 22.3 Å². The molecule has 8 nitrogen and oxygen atoms in total. The molecule has 0 bridgehead atoms. The molecule has 0 saturated heterocycles. The predicted molar refractivity (Wildman–Crippen MR) is 137 cm³/mol. The van der Waals surface area contributed by atoms with E-state index in [0.29, 0.717) is 21.7 Å². The number of benzene rings is 3. The Kier molecular flexibility index (Phi) is 7.74. The summed E-state index contributed by atoms with van der Waals surface area (Å²) >= 11 is 3.40. The summed E-state index contributed by atoms with van der Waals surface area (Å²) in [4.78, 5) is 31.5. The molecule has 1 unspecified atom stereocenters. The standard InChI is InChI=1S/C25H21BrN4O4S/c26-18-6-9-21(10-7-18)35(34)30(15-19-13-27-16-29-19)20-8-11-22(25(33)28-14-24(31)32)23(12-20)17-4-2-1-3-5-17/h1-13,16H,14-15H2,(H,27,29)(H,28,33)(H,31,32). The lowest BCUT2D eigenvalue weighted by Gasteiger charge is -2.24. The molecule has 0 spiro atoms. The van der Waals surface area contributed by atoms with Gasteiger partial charge in [0.15, 0.2) is 11.0 Å². The maximum Gasteiger partial charge on any atom is 0.322 e. The van der Waals surface area contributed by atoms with Crippen molar-refractivity contribution in [3.63, 3.8) is 0 Å². The van der Waals surface area contributed by atoms with Gasteiger partial charge in [0.2, 0.25) is 0 Å². The molecular weight excluding hydrogens is 532 g/mol. The van der Waals surface area contributed by atoms with Crippen molar-refractivity contribution in [1.82, 2.24) is 15.3 Å². The van der Waals surface area contributed by atoms with Crippen LogP contribution in [-0.4, -0.2) is 37.7 Å². The molecule has 10 heteroatoms. The number of anilines is 1. The van der Waals surface area contributed by atoms with Crippen LogP contribution in [0.1, 0.15) is 16.1 Å². The average molecular weight is 553 g/mol. The highest BCUT2D eigenvalue weighted by molar-refractivity contribution is 9.10. The molecule has 3 aromatic carbocycles. The SMILES string of the molecule is O=C(O)CNC(=O)c1ccc(N(Cc2cnc[nH]2)S(=O)c2ccc(Br)cc2)cc1-c1ccccc1. The first kappa shape index (κ1) is 24.4. The Balaban J connectivity index is 1.79. The van der Waals surface area contributed by atoms with Crippen molar-refractivity contribution in [1.29, 1.82) is 0 Å². The lowest BCUT2D eigenvalue weighted by Crippen LogP contribution is -2.30. The topological polar surface area (TPSA) is 115 Å². The molecule has 178 valence electrons. The van der Waals surface area contributed by atoms with E-state index in [1.807, 2.05) is 42.5 Å². The van der Waals surface area contributed by atoms with Crippen LogP contribution in [0.25, 0.3) is 11.1 Å². The van der Waals surface area contributed by atoms with Gasteiger partial charge in [0.1, 0.15) is 6.54 Å². The zero-order chi connectivity index (χ0) is 24.8. The lowest BCUT2D eigenvalue weighted by molar-refractivity contribution is -0.135. The number of carboxylic acid groups (broad SMARTS) is 1. The molecule has 0 fully saturated rings. The predicted octanol–water partition coefficient (Wildman–Crippen LogP) is 4.38. The smallest absolute Gasteiger partial charge is 0.322 e. The number of carboxylic acids is 1. The van der Waals surface area contributed by atoms with Gasteiger partial charge in [-0.1, -0.05) is 46.3 Å². The van der Waals surface area contributed by atoms with Gasteiger partial charge >= 0.3 is 5.97 Å². The van der Waals surface area contributed by atoms with Crippen molar-refractivity contribution in [2.45, 2.75) is 11.4 Å². The number of rotatable bonds is 9. The third-order valence-corrected chi connectivity index (χ3v) is 7.05. The molecule has 1 atom stereocenters. The van der Waals surface area contributed by atoms with E-state index in [0.717, 1.165) is 15.7 Å². The number of nitrogens with one attached hydrogen (secondary N) is 2. The second-order valence-corrected chi connectivity index (χ2v) is 9.82. The Morgan fingerprint density at radius 1 is 1.06 bits per heavy atom. The van der Waals surface area contributed by atoms with E-state index in [1.54, 1.807) is 47.2 Å². The summed E-state index contributed by atoms with van der Waals surface area (Å²) in [6.07, 6.45) is 3.22. The van der Waals surface area contributed by atoms with Crippen LogP contribution in [0.4, 0.5) is 5.69 Å². The number of H-pyrrole nitrogens is 1. The van der Waals surface area contributed by atoms with Gasteiger partial charge in [-0.3, -0.25) is 13.9 Å². The van der Waals surface area contributed by atoms with E-state index in [1.165, 1.54) is 0 Å². The van der Waals surface area contributed by atoms with Crippen molar-refractivity contribution in [3.05, 3.63) is 101 Å². The first-order valence-corrected chi connectivity index (χ1v) is 12.4. The zero-order valence-electron chi connectivity index (χ0n) is 18.3. The molecule has 0 aliphatic heterocycles. The Morgan fingerprint density at radius 2 is 1.80 bits per heavy atom. The van der Waals surface area contributed by atoms with Gasteiger partial charge in [0.25, 0.3) is 5.91 Å². The van der Waals surface area contributed by atoms with E-state index >= 15 is 0 Å². The Bertz CT molecular complexity index is 1350. The molecule has 0 aliphatic rings. The minimum Gasteiger partial charge on any atom is -0.480 e. The summed E-state index contributed by atoms with van der Waals surface area (Å²) in [5.74, 6) is -1.64. The van der Waals surface area contributed by atoms with Gasteiger partial charge in [0, 0.05) is 16.2 Å². The number of nitrogens with zero attached hydrogens (tertiary/aromatic N) is 2. The van der Waals surface area contributed by atoms with Crippen LogP contribution in [0.15, 0.2) is 94.7 Å². The summed E-state index contributed by atoms with van der Waals surface area (Å²) in [5, 5.41) is 11.4. The van der Waals surface area contributed by atoms with Gasteiger partial charge in [0.05, 0.1) is 29.1 Å². The molecule has 0 aliphatic carbocycles. The maximum atomic E-state index is 13.7. The van der Waals surface area contributed by atoms with Gasteiger partial charge in [-0.25, -0.2) is 9.19 Å². The Morgan fingerprint density at radius 3 is 2.46 bits per heavy atom. The number of hydrogen-bond donors (Lipinski definition) is 3. The molecule has 35 heavy (non-hydrogen) atoms. The monoisotopic (exact) mass is 552 g/mol. The van der Waals surface area contributed by atoms with Crippen LogP contribution in [0.5, 0.6) is 0 Å². The van der Waals surface area contributed by atoms with E-state index in [2.05, 4.69) is 31.2 Å². The summed E-state index contributed by atoms with van der Waals surface area (Å²) in [6.45, 7) is -0.212. The number of hydrogen-bond acceptors (Lipinski definition) is 4. The number of carbonyl (C=O) groups excluding carboxylic acids is 1. The first-order valence-electron chi connectivity index (χ1n) is 10.5. The van der Waals surface area contributed by atoms with E-state index < -0.39 is 29.4 Å². The highest BCUT2D eigenvalue weighted by Crippen LogP contribution is 2.31. The van der Waals surface area contributed by atoms with Crippen LogP contribution in [0.2, 0.25) is 0 Å². The summed E-state index contributed by atoms with van der Waals surface area (Å²) < 4.78 is 16.3. The fraction of sp³-hybridized carbons (Fsp3) is 0.0800. The minimum atomic E-state index is -1.57. The fourth-order valence-electron chi connectivity index (χ4n) is 3.44. The summed E-state index contributed by atoms with van der Waals surface area (Å²) in [6, 6.07) is 21.6. The highest BCUT2D eigenvalue weighted by Gasteiger charge is 2.21. The second-order valence-electron chi connectivity index (χ2n) is 7.49. The normalized spacial score (nSPS) is 11.6. The minimum absolute atomic E-state index is 0.279. The molecule has 1 heterocycles. The number of imidazole rings is 1. The van der Waals surface area contributed by atoms with Crippen LogP contribution in [0.3, 0.4) is 0 Å². The van der Waals surface area contributed by atoms with Gasteiger partial charge in [-0.05, 0) is 53.6 Å². The van der Waals surface area contributed by atoms with Crippen LogP contribution < -0.4 is 9.62 Å². The zero-order valence-corrected chi connectivity index (χ0v) is 20.8. The number of aromatic amines is 1. The van der Waals surface area contributed by atoms with Crippen molar-refractivity contribution in [2.75, 3.05) is 10.8 Å². The second kappa shape index (κ2) is 11.1. The third-order valence-electron chi connectivity index (χ3n) is 5.10. The van der Waals surface area contributed by atoms with Crippen molar-refractivity contribution in [2.24, 2.45) is 0 Å². The Labute approximate surface area is 212 Å². The van der Waals surface area contributed by atoms with Crippen LogP contribution in [0, 0.1) is 0 Å². The van der Waals surface area contributed by atoms with Crippen molar-refractivity contribution >= 4 is 44.5 Å². The maximum absolute atomic E-state index is 13.7. The molecule has 4 rings (SSSR count). The van der Waals surface area contributed by atoms with E-state index in [9.17, 15) is 13.8 Å². The number of halogens is 1. The number of aliphatic carboxylic acids is 1. The Hall–Kier alpha value is -3.76. The van der Waals surface area contributed by atoms with Gasteiger partial charge in [-0.15, -0.1) is 0 Å². The fourth-order valence-corrected chi connectivity index (χ4v) is 4.89. The summed E-state index contributed by atoms with van der Waals surface area (Å²) in [7, 11) is -1.57. The van der Waals surface area contributed by atoms with Gasteiger partial charge < -0.3 is 15.4 Å². The molecule has 4 aromatic rings. The summed E-state index contributed by atoms with van der Waals surface area (Å²) in [5.41, 5.74) is 3.06. The molecule has 3 N–H and O–H groups in total. The molecular formula is C25H21BrN4O4S.